The van der Waals surface area contributed by atoms with Crippen molar-refractivity contribution in [2.45, 2.75) is 18.7 Å². The monoisotopic (exact) mass is 393 g/mol. The second kappa shape index (κ2) is 7.13. The maximum Gasteiger partial charge on any atom is 0.339 e. The van der Waals surface area contributed by atoms with Crippen LogP contribution >= 0.6 is 0 Å². The normalized spacial score (nSPS) is 11.6. The molecule has 142 valence electrons. The zero-order chi connectivity index (χ0) is 19.7. The van der Waals surface area contributed by atoms with E-state index in [9.17, 15) is 8.42 Å². The van der Waals surface area contributed by atoms with Gasteiger partial charge in [-0.25, -0.2) is 4.98 Å². The zero-order valence-corrected chi connectivity index (χ0v) is 16.4. The van der Waals surface area contributed by atoms with Crippen molar-refractivity contribution in [1.82, 2.24) is 4.98 Å². The van der Waals surface area contributed by atoms with Crippen molar-refractivity contribution in [3.8, 4) is 11.5 Å². The van der Waals surface area contributed by atoms with E-state index in [1.165, 1.54) is 6.07 Å². The number of aryl methyl sites for hydroxylation is 1. The zero-order valence-electron chi connectivity index (χ0n) is 15.5. The number of nitrogens with zero attached hydrogens (tertiary/aromatic N) is 1. The van der Waals surface area contributed by atoms with Gasteiger partial charge in [0, 0.05) is 21.9 Å². The molecule has 1 aromatic heterocycles. The molecule has 4 rings (SSSR count). The Balaban J connectivity index is 1.84. The van der Waals surface area contributed by atoms with Gasteiger partial charge in [0.15, 0.2) is 5.75 Å². The van der Waals surface area contributed by atoms with Crippen molar-refractivity contribution in [1.29, 1.82) is 0 Å². The van der Waals surface area contributed by atoms with Crippen molar-refractivity contribution in [3.05, 3.63) is 72.4 Å². The summed E-state index contributed by atoms with van der Waals surface area (Å²) in [5.41, 5.74) is 1.30. The average Bonchev–Trinajstić information content (AvgIpc) is 2.68. The molecule has 0 saturated heterocycles. The molecule has 0 bridgehead atoms. The van der Waals surface area contributed by atoms with Gasteiger partial charge < -0.3 is 8.92 Å². The molecule has 0 unspecified atom stereocenters. The Morgan fingerprint density at radius 2 is 1.64 bits per heavy atom. The lowest BCUT2D eigenvalue weighted by atomic mass is 10.1. The van der Waals surface area contributed by atoms with Gasteiger partial charge in [-0.15, -0.1) is 0 Å². The van der Waals surface area contributed by atoms with Gasteiger partial charge in [-0.3, -0.25) is 0 Å². The number of aromatic nitrogens is 1. The third kappa shape index (κ3) is 3.27. The van der Waals surface area contributed by atoms with Crippen molar-refractivity contribution in [2.24, 2.45) is 0 Å². The van der Waals surface area contributed by atoms with Crippen LogP contribution in [0.5, 0.6) is 11.5 Å². The van der Waals surface area contributed by atoms with E-state index in [2.05, 4.69) is 4.98 Å². The van der Waals surface area contributed by atoms with Crippen molar-refractivity contribution in [2.75, 3.05) is 6.61 Å². The minimum Gasteiger partial charge on any atom is -0.493 e. The molecule has 1 heterocycles. The van der Waals surface area contributed by atoms with Crippen molar-refractivity contribution >= 4 is 31.8 Å². The molecule has 5 nitrogen and oxygen atoms in total. The largest absolute Gasteiger partial charge is 0.493 e. The Morgan fingerprint density at radius 3 is 2.43 bits per heavy atom. The van der Waals surface area contributed by atoms with Crippen LogP contribution in [0.1, 0.15) is 12.6 Å². The SMILES string of the molecule is CCOc1ccc(S(=O)(=O)Oc2cccc3ccc(C)nc23)c2ccccc12. The van der Waals surface area contributed by atoms with E-state index in [1.54, 1.807) is 30.3 Å². The molecular formula is C22H19NO4S. The smallest absolute Gasteiger partial charge is 0.339 e. The van der Waals surface area contributed by atoms with Gasteiger partial charge in [-0.05, 0) is 38.1 Å². The van der Waals surface area contributed by atoms with Crippen LogP contribution in [0.4, 0.5) is 0 Å². The van der Waals surface area contributed by atoms with Gasteiger partial charge in [0.1, 0.15) is 16.2 Å². The van der Waals surface area contributed by atoms with E-state index in [0.717, 1.165) is 16.5 Å². The van der Waals surface area contributed by atoms with Gasteiger partial charge in [0.05, 0.1) is 6.61 Å². The fraction of sp³-hybridized carbons (Fsp3) is 0.136. The summed E-state index contributed by atoms with van der Waals surface area (Å²) in [7, 11) is -4.07. The minimum absolute atomic E-state index is 0.0937. The number of hydrogen-bond acceptors (Lipinski definition) is 5. The third-order valence-corrected chi connectivity index (χ3v) is 5.73. The Labute approximate surface area is 163 Å². The highest BCUT2D eigenvalue weighted by Crippen LogP contribution is 2.33. The van der Waals surface area contributed by atoms with Gasteiger partial charge >= 0.3 is 10.1 Å². The van der Waals surface area contributed by atoms with Gasteiger partial charge in [-0.1, -0.05) is 42.5 Å². The first kappa shape index (κ1) is 18.3. The molecule has 0 amide bonds. The van der Waals surface area contributed by atoms with Gasteiger partial charge in [-0.2, -0.15) is 8.42 Å². The predicted octanol–water partition coefficient (Wildman–Crippen LogP) is 4.86. The summed E-state index contributed by atoms with van der Waals surface area (Å²) in [6.45, 7) is 4.23. The Kier molecular flexibility index (Phi) is 4.65. The number of fused-ring (bicyclic) bond motifs is 2. The first-order valence-corrected chi connectivity index (χ1v) is 10.4. The van der Waals surface area contributed by atoms with Crippen LogP contribution in [0.3, 0.4) is 0 Å². The molecule has 0 aliphatic heterocycles. The average molecular weight is 393 g/mol. The standard InChI is InChI=1S/C22H19NO4S/c1-3-26-19-13-14-21(18-9-5-4-8-17(18)19)28(24,25)27-20-10-6-7-16-12-11-15(2)23-22(16)20/h4-14H,3H2,1-2H3. The summed E-state index contributed by atoms with van der Waals surface area (Å²) < 4.78 is 37.4. The molecule has 0 atom stereocenters. The molecule has 0 saturated carbocycles. The van der Waals surface area contributed by atoms with E-state index in [0.29, 0.717) is 23.3 Å². The summed E-state index contributed by atoms with van der Waals surface area (Å²) in [5, 5.41) is 2.09. The van der Waals surface area contributed by atoms with E-state index in [4.69, 9.17) is 8.92 Å². The maximum atomic E-state index is 13.1. The van der Waals surface area contributed by atoms with Crippen LogP contribution in [-0.2, 0) is 10.1 Å². The van der Waals surface area contributed by atoms with E-state index in [1.807, 2.05) is 44.2 Å². The fourth-order valence-electron chi connectivity index (χ4n) is 3.19. The second-order valence-corrected chi connectivity index (χ2v) is 7.87. The highest BCUT2D eigenvalue weighted by molar-refractivity contribution is 7.87. The molecular weight excluding hydrogens is 374 g/mol. The van der Waals surface area contributed by atoms with E-state index >= 15 is 0 Å². The van der Waals surface area contributed by atoms with E-state index in [-0.39, 0.29) is 10.6 Å². The first-order chi connectivity index (χ1) is 13.5. The number of benzene rings is 3. The van der Waals surface area contributed by atoms with E-state index < -0.39 is 10.1 Å². The van der Waals surface area contributed by atoms with Gasteiger partial charge in [0.2, 0.25) is 0 Å². The lowest BCUT2D eigenvalue weighted by Gasteiger charge is -2.13. The topological polar surface area (TPSA) is 65.5 Å². The molecule has 0 N–H and O–H groups in total. The number of ether oxygens (including phenoxy) is 1. The lowest BCUT2D eigenvalue weighted by Crippen LogP contribution is -2.11. The third-order valence-electron chi connectivity index (χ3n) is 4.44. The van der Waals surface area contributed by atoms with Crippen LogP contribution in [0.15, 0.2) is 71.6 Å². The number of rotatable bonds is 5. The van der Waals surface area contributed by atoms with Crippen molar-refractivity contribution in [3.63, 3.8) is 0 Å². The summed E-state index contributed by atoms with van der Waals surface area (Å²) in [5.74, 6) is 0.846. The van der Waals surface area contributed by atoms with Crippen LogP contribution in [0.25, 0.3) is 21.7 Å². The summed E-state index contributed by atoms with van der Waals surface area (Å²) >= 11 is 0. The highest BCUT2D eigenvalue weighted by atomic mass is 32.2. The Hall–Kier alpha value is -3.12. The number of para-hydroxylation sites is 1. The van der Waals surface area contributed by atoms with Gasteiger partial charge in [0.25, 0.3) is 0 Å². The Bertz CT molecular complexity index is 1280. The molecule has 4 aromatic rings. The quantitative estimate of drug-likeness (QED) is 0.453. The fourth-order valence-corrected chi connectivity index (χ4v) is 4.33. The summed E-state index contributed by atoms with van der Waals surface area (Å²) in [6.07, 6.45) is 0. The summed E-state index contributed by atoms with van der Waals surface area (Å²) in [6, 6.07) is 19.4. The molecule has 3 aromatic carbocycles. The minimum atomic E-state index is -4.07. The number of hydrogen-bond donors (Lipinski definition) is 0. The molecule has 0 radical (unpaired) electrons. The second-order valence-electron chi connectivity index (χ2n) is 6.36. The van der Waals surface area contributed by atoms with Crippen LogP contribution in [0.2, 0.25) is 0 Å². The van der Waals surface area contributed by atoms with Crippen LogP contribution in [-0.4, -0.2) is 20.0 Å². The summed E-state index contributed by atoms with van der Waals surface area (Å²) in [4.78, 5) is 4.54. The predicted molar refractivity (Wildman–Crippen MR) is 109 cm³/mol. The number of pyridine rings is 1. The maximum absolute atomic E-state index is 13.1. The Morgan fingerprint density at radius 1 is 0.857 bits per heavy atom. The molecule has 6 heteroatoms. The molecule has 0 fully saturated rings. The highest BCUT2D eigenvalue weighted by Gasteiger charge is 2.22. The lowest BCUT2D eigenvalue weighted by molar-refractivity contribution is 0.344. The van der Waals surface area contributed by atoms with Crippen LogP contribution < -0.4 is 8.92 Å². The molecule has 0 spiro atoms. The first-order valence-electron chi connectivity index (χ1n) is 8.95. The van der Waals surface area contributed by atoms with Crippen LogP contribution in [0, 0.1) is 6.92 Å². The van der Waals surface area contributed by atoms with Crippen molar-refractivity contribution < 1.29 is 17.3 Å². The molecule has 0 aliphatic rings. The molecule has 0 aliphatic carbocycles. The molecule has 28 heavy (non-hydrogen) atoms.